The maximum absolute atomic E-state index is 7.45. The van der Waals surface area contributed by atoms with E-state index >= 15 is 0 Å². The van der Waals surface area contributed by atoms with E-state index in [2.05, 4.69) is 91.9 Å². The fourth-order valence-electron chi connectivity index (χ4n) is 4.38. The Hall–Kier alpha value is -2.41. The maximum atomic E-state index is 7.45. The smallest absolute Gasteiger partial charge is 0.389 e. The van der Waals surface area contributed by atoms with Gasteiger partial charge in [-0.1, -0.05) is 128 Å². The van der Waals surface area contributed by atoms with E-state index in [0.29, 0.717) is 0 Å². The summed E-state index contributed by atoms with van der Waals surface area (Å²) in [6, 6.07) is 42.4. The van der Waals surface area contributed by atoms with Crippen LogP contribution in [0.4, 0.5) is 0 Å². The lowest BCUT2D eigenvalue weighted by molar-refractivity contribution is 0.287. The normalized spacial score (nSPS) is 23.1. The van der Waals surface area contributed by atoms with Crippen LogP contribution in [0.1, 0.15) is 6.92 Å². The Morgan fingerprint density at radius 1 is 0.647 bits per heavy atom. The van der Waals surface area contributed by atoms with Crippen LogP contribution >= 0.6 is 0 Å². The first-order valence-electron chi connectivity index (χ1n) is 11.6. The lowest BCUT2D eigenvalue weighted by atomic mass is 10.4. The molecule has 0 spiro atoms. The fourth-order valence-corrected chi connectivity index (χ4v) is 21.0. The van der Waals surface area contributed by atoms with Gasteiger partial charge in [0, 0.05) is 0 Å². The van der Waals surface area contributed by atoms with Gasteiger partial charge in [-0.3, -0.25) is 0 Å². The van der Waals surface area contributed by atoms with E-state index in [-0.39, 0.29) is 0 Å². The Morgan fingerprint density at radius 3 is 1.62 bits per heavy atom. The van der Waals surface area contributed by atoms with Gasteiger partial charge < -0.3 is 16.5 Å². The molecular weight excluding hydrogens is 489 g/mol. The lowest BCUT2D eigenvalue weighted by Crippen LogP contribution is -2.75. The average Bonchev–Trinajstić information content (AvgIpc) is 2.91. The first-order chi connectivity index (χ1) is 16.8. The molecule has 2 unspecified atom stereocenters. The minimum Gasteiger partial charge on any atom is -0.419 e. The summed E-state index contributed by atoms with van der Waals surface area (Å²) < 4.78 is 28.0. The molecule has 1 fully saturated rings. The summed E-state index contributed by atoms with van der Waals surface area (Å²) in [5, 5.41) is 4.38. The molecule has 0 aliphatic carbocycles. The van der Waals surface area contributed by atoms with Crippen molar-refractivity contribution in [3.63, 3.8) is 0 Å². The SMILES string of the molecule is CC[Si]1(c2ccccc2)O[SiH2]O[SiH](c2ccccc2)O[Si](c2ccccc2)(c2ccccc2)O1. The van der Waals surface area contributed by atoms with Crippen LogP contribution in [0, 0.1) is 0 Å². The third-order valence-corrected chi connectivity index (χ3v) is 20.2. The van der Waals surface area contributed by atoms with Crippen LogP contribution in [-0.4, -0.2) is 36.4 Å². The molecule has 5 rings (SSSR count). The maximum Gasteiger partial charge on any atom is 0.389 e. The van der Waals surface area contributed by atoms with Crippen molar-refractivity contribution < 1.29 is 16.5 Å². The van der Waals surface area contributed by atoms with Crippen molar-refractivity contribution in [1.29, 1.82) is 0 Å². The Balaban J connectivity index is 1.72. The zero-order valence-electron chi connectivity index (χ0n) is 19.2. The van der Waals surface area contributed by atoms with Gasteiger partial charge in [-0.25, -0.2) is 0 Å². The van der Waals surface area contributed by atoms with Crippen LogP contribution in [-0.2, 0) is 16.5 Å². The van der Waals surface area contributed by atoms with E-state index in [1.807, 2.05) is 36.4 Å². The lowest BCUT2D eigenvalue weighted by Gasteiger charge is -2.44. The molecule has 4 aromatic rings. The van der Waals surface area contributed by atoms with Crippen molar-refractivity contribution in [2.24, 2.45) is 0 Å². The Labute approximate surface area is 207 Å². The predicted octanol–water partition coefficient (Wildman–Crippen LogP) is 1.82. The van der Waals surface area contributed by atoms with Gasteiger partial charge in [-0.15, -0.1) is 0 Å². The third-order valence-electron chi connectivity index (χ3n) is 6.15. The van der Waals surface area contributed by atoms with Crippen molar-refractivity contribution in [3.05, 3.63) is 121 Å². The number of hydrogen-bond acceptors (Lipinski definition) is 4. The summed E-state index contributed by atoms with van der Waals surface area (Å²) in [5.74, 6) is 0. The van der Waals surface area contributed by atoms with Gasteiger partial charge in [0.2, 0.25) is 0 Å². The van der Waals surface area contributed by atoms with E-state index in [1.165, 1.54) is 0 Å². The van der Waals surface area contributed by atoms with Crippen LogP contribution in [0.15, 0.2) is 121 Å². The fraction of sp³-hybridized carbons (Fsp3) is 0.0769. The number of hydrogen-bond donors (Lipinski definition) is 0. The van der Waals surface area contributed by atoms with Crippen molar-refractivity contribution in [3.8, 4) is 0 Å². The molecule has 0 radical (unpaired) electrons. The Bertz CT molecular complexity index is 1140. The molecule has 8 heteroatoms. The topological polar surface area (TPSA) is 36.9 Å². The Morgan fingerprint density at radius 2 is 1.12 bits per heavy atom. The zero-order valence-corrected chi connectivity index (χ0v) is 23.7. The molecular formula is C26H28O4Si4. The number of rotatable bonds is 5. The van der Waals surface area contributed by atoms with Gasteiger partial charge in [-0.05, 0) is 26.8 Å². The van der Waals surface area contributed by atoms with Gasteiger partial charge in [0.15, 0.2) is 0 Å². The molecule has 1 heterocycles. The molecule has 34 heavy (non-hydrogen) atoms. The van der Waals surface area contributed by atoms with Crippen LogP contribution in [0.2, 0.25) is 6.04 Å². The monoisotopic (exact) mass is 516 g/mol. The van der Waals surface area contributed by atoms with Crippen LogP contribution in [0.25, 0.3) is 0 Å². The highest BCUT2D eigenvalue weighted by atomic mass is 28.5. The molecule has 0 bridgehead atoms. The molecule has 1 aliphatic rings. The molecule has 0 saturated carbocycles. The van der Waals surface area contributed by atoms with Gasteiger partial charge in [-0.2, -0.15) is 0 Å². The van der Waals surface area contributed by atoms with Crippen LogP contribution < -0.4 is 20.7 Å². The molecule has 172 valence electrons. The summed E-state index contributed by atoms with van der Waals surface area (Å²) in [4.78, 5) is 0. The minimum atomic E-state index is -3.21. The quantitative estimate of drug-likeness (QED) is 0.379. The molecule has 0 aromatic heterocycles. The van der Waals surface area contributed by atoms with Crippen molar-refractivity contribution in [2.75, 3.05) is 0 Å². The molecule has 4 aromatic carbocycles. The average molecular weight is 517 g/mol. The van der Waals surface area contributed by atoms with E-state index < -0.39 is 36.4 Å². The van der Waals surface area contributed by atoms with Crippen molar-refractivity contribution >= 4 is 57.2 Å². The molecule has 1 aliphatic heterocycles. The van der Waals surface area contributed by atoms with Crippen molar-refractivity contribution in [1.82, 2.24) is 0 Å². The second-order valence-corrected chi connectivity index (χ2v) is 19.2. The first-order valence-corrected chi connectivity index (χ1v) is 18.1. The second-order valence-electron chi connectivity index (χ2n) is 8.21. The Kier molecular flexibility index (Phi) is 7.18. The molecule has 0 amide bonds. The summed E-state index contributed by atoms with van der Waals surface area (Å²) in [6.07, 6.45) is 0. The number of benzene rings is 4. The van der Waals surface area contributed by atoms with Gasteiger partial charge in [0.1, 0.15) is 0 Å². The van der Waals surface area contributed by atoms with Crippen LogP contribution in [0.3, 0.4) is 0 Å². The zero-order chi connectivity index (χ0) is 23.3. The first kappa shape index (κ1) is 23.3. The van der Waals surface area contributed by atoms with E-state index in [1.54, 1.807) is 0 Å². The molecule has 1 saturated heterocycles. The molecule has 2 atom stereocenters. The molecule has 0 N–H and O–H groups in total. The summed E-state index contributed by atoms with van der Waals surface area (Å²) >= 11 is 0. The summed E-state index contributed by atoms with van der Waals surface area (Å²) in [7, 11) is -9.66. The third kappa shape index (κ3) is 4.59. The minimum absolute atomic E-state index is 0.780. The standard InChI is InChI=1S/C26H28O4Si4/c1-2-33(24-17-9-4-10-18-24)28-31-27-32(23-15-7-3-8-16-23)29-34(30-33,25-19-11-5-12-20-25)26-21-13-6-14-22-26/h3-22,32H,2,31H2,1H3. The van der Waals surface area contributed by atoms with Gasteiger partial charge in [0.25, 0.3) is 10.0 Å². The predicted molar refractivity (Wildman–Crippen MR) is 146 cm³/mol. The summed E-state index contributed by atoms with van der Waals surface area (Å²) in [6.45, 7) is 2.16. The van der Waals surface area contributed by atoms with E-state index in [9.17, 15) is 0 Å². The second kappa shape index (κ2) is 10.5. The van der Waals surface area contributed by atoms with Gasteiger partial charge in [0.05, 0.1) is 0 Å². The highest BCUT2D eigenvalue weighted by Gasteiger charge is 2.54. The van der Waals surface area contributed by atoms with Gasteiger partial charge >= 0.3 is 26.4 Å². The van der Waals surface area contributed by atoms with Crippen molar-refractivity contribution in [2.45, 2.75) is 13.0 Å². The largest absolute Gasteiger partial charge is 0.419 e. The highest BCUT2D eigenvalue weighted by molar-refractivity contribution is 7.04. The highest BCUT2D eigenvalue weighted by Crippen LogP contribution is 2.24. The van der Waals surface area contributed by atoms with Crippen LogP contribution in [0.5, 0.6) is 0 Å². The molecule has 4 nitrogen and oxygen atoms in total. The summed E-state index contributed by atoms with van der Waals surface area (Å²) in [5.41, 5.74) is 0. The van der Waals surface area contributed by atoms with E-state index in [0.717, 1.165) is 26.8 Å². The van der Waals surface area contributed by atoms with E-state index in [4.69, 9.17) is 16.5 Å².